The smallest absolute Gasteiger partial charge is 0.143 e. The molecule has 0 spiro atoms. The second-order valence-corrected chi connectivity index (χ2v) is 14.1. The Hall–Kier alpha value is -7.42. The Morgan fingerprint density at radius 1 is 0.250 bits per heavy atom. The molecule has 0 saturated carbocycles. The van der Waals surface area contributed by atoms with Gasteiger partial charge >= 0.3 is 0 Å². The fourth-order valence-corrected chi connectivity index (χ4v) is 7.89. The molecule has 0 fully saturated rings. The van der Waals surface area contributed by atoms with E-state index in [9.17, 15) is 0 Å². The number of hydrogen-bond donors (Lipinski definition) is 0. The highest BCUT2D eigenvalue weighted by Crippen LogP contribution is 2.51. The van der Waals surface area contributed by atoms with Crippen LogP contribution in [0, 0.1) is 0 Å². The molecule has 1 aliphatic rings. The van der Waals surface area contributed by atoms with Crippen molar-refractivity contribution >= 4 is 17.1 Å². The minimum atomic E-state index is 0.829. The maximum Gasteiger partial charge on any atom is 0.143 e. The SMILES string of the molecule is c1ccc(-c2ccc(-c3ccc(N(c4ccccc4)c4ccc5c(c4)-c4ccccc4-c4cccc(-c6ccc(-c7ccccc7)cc6)c4O5)cc3)cc2)cc1. The number of nitrogens with zero attached hydrogens (tertiary/aromatic N) is 1. The Morgan fingerprint density at radius 3 is 1.21 bits per heavy atom. The number of hydrogen-bond acceptors (Lipinski definition) is 2. The molecule has 0 saturated heterocycles. The van der Waals surface area contributed by atoms with Gasteiger partial charge in [0.15, 0.2) is 0 Å². The van der Waals surface area contributed by atoms with Gasteiger partial charge in [0.05, 0.1) is 0 Å². The van der Waals surface area contributed by atoms with Gasteiger partial charge in [-0.25, -0.2) is 0 Å². The number of rotatable bonds is 7. The molecule has 0 N–H and O–H groups in total. The van der Waals surface area contributed by atoms with Crippen LogP contribution in [-0.2, 0) is 0 Å². The van der Waals surface area contributed by atoms with E-state index >= 15 is 0 Å². The van der Waals surface area contributed by atoms with Gasteiger partial charge in [0, 0.05) is 33.8 Å². The lowest BCUT2D eigenvalue weighted by Crippen LogP contribution is -2.10. The maximum absolute atomic E-state index is 7.01. The van der Waals surface area contributed by atoms with Crippen LogP contribution in [0.15, 0.2) is 224 Å². The van der Waals surface area contributed by atoms with Crippen molar-refractivity contribution in [3.05, 3.63) is 224 Å². The summed E-state index contributed by atoms with van der Waals surface area (Å²) < 4.78 is 7.01. The lowest BCUT2D eigenvalue weighted by molar-refractivity contribution is 0.489. The molecule has 2 heteroatoms. The van der Waals surface area contributed by atoms with Crippen molar-refractivity contribution in [1.29, 1.82) is 0 Å². The Labute approximate surface area is 328 Å². The van der Waals surface area contributed by atoms with Gasteiger partial charge in [0.25, 0.3) is 0 Å². The Balaban J connectivity index is 1.03. The van der Waals surface area contributed by atoms with E-state index in [1.165, 1.54) is 33.4 Å². The first-order chi connectivity index (χ1) is 27.8. The summed E-state index contributed by atoms with van der Waals surface area (Å²) in [5, 5.41) is 0. The number of fused-ring (bicyclic) bond motifs is 5. The zero-order valence-corrected chi connectivity index (χ0v) is 30.7. The zero-order valence-electron chi connectivity index (χ0n) is 30.7. The molecule has 0 aliphatic carbocycles. The molecule has 9 aromatic rings. The Morgan fingerprint density at radius 2 is 0.643 bits per heavy atom. The average molecular weight is 716 g/mol. The third-order valence-electron chi connectivity index (χ3n) is 10.7. The van der Waals surface area contributed by atoms with Crippen LogP contribution in [0.25, 0.3) is 66.8 Å². The van der Waals surface area contributed by atoms with Crippen LogP contribution in [0.5, 0.6) is 11.5 Å². The lowest BCUT2D eigenvalue weighted by atomic mass is 9.92. The van der Waals surface area contributed by atoms with Gasteiger partial charge in [0.2, 0.25) is 0 Å². The average Bonchev–Trinajstić information content (AvgIpc) is 3.42. The van der Waals surface area contributed by atoms with E-state index in [1.807, 2.05) is 0 Å². The van der Waals surface area contributed by atoms with Crippen molar-refractivity contribution in [3.8, 4) is 78.3 Å². The van der Waals surface area contributed by atoms with Crippen molar-refractivity contribution in [2.75, 3.05) is 4.90 Å². The minimum absolute atomic E-state index is 0.829. The van der Waals surface area contributed by atoms with Crippen molar-refractivity contribution in [3.63, 3.8) is 0 Å². The van der Waals surface area contributed by atoms with E-state index in [0.717, 1.165) is 61.9 Å². The van der Waals surface area contributed by atoms with E-state index in [2.05, 4.69) is 229 Å². The molecule has 9 aromatic carbocycles. The molecule has 10 rings (SSSR count). The third-order valence-corrected chi connectivity index (χ3v) is 10.7. The zero-order chi connectivity index (χ0) is 37.3. The molecule has 0 radical (unpaired) electrons. The summed E-state index contributed by atoms with van der Waals surface area (Å²) in [5.41, 5.74) is 17.0. The van der Waals surface area contributed by atoms with Crippen LogP contribution >= 0.6 is 0 Å². The first kappa shape index (κ1) is 33.2. The van der Waals surface area contributed by atoms with Crippen LogP contribution in [0.3, 0.4) is 0 Å². The largest absolute Gasteiger partial charge is 0.455 e. The standard InChI is InChI=1S/C54H37NO/c1-4-13-38(14-5-1)40-23-25-42(26-24-40)43-31-33-46(34-32-43)55(45-17-8-3-9-18-45)47-35-36-53-52(37-47)50-20-11-10-19-49(50)51-22-12-21-48(54(51)56-53)44-29-27-41(28-30-44)39-15-6-2-7-16-39/h1-37H. The fraction of sp³-hybridized carbons (Fsp3) is 0. The molecule has 0 amide bonds. The summed E-state index contributed by atoms with van der Waals surface area (Å²) >= 11 is 0. The number of anilines is 3. The van der Waals surface area contributed by atoms with Gasteiger partial charge in [-0.2, -0.15) is 0 Å². The quantitative estimate of drug-likeness (QED) is 0.163. The van der Waals surface area contributed by atoms with Gasteiger partial charge in [-0.15, -0.1) is 0 Å². The molecule has 0 bridgehead atoms. The first-order valence-corrected chi connectivity index (χ1v) is 19.1. The number of benzene rings is 9. The van der Waals surface area contributed by atoms with Crippen LogP contribution in [-0.4, -0.2) is 0 Å². The van der Waals surface area contributed by atoms with Crippen molar-refractivity contribution in [2.24, 2.45) is 0 Å². The van der Waals surface area contributed by atoms with Crippen LogP contribution in [0.1, 0.15) is 0 Å². The highest BCUT2D eigenvalue weighted by Gasteiger charge is 2.25. The molecule has 0 unspecified atom stereocenters. The molecule has 1 heterocycles. The highest BCUT2D eigenvalue weighted by molar-refractivity contribution is 5.96. The van der Waals surface area contributed by atoms with Gasteiger partial charge in [-0.3, -0.25) is 0 Å². The first-order valence-electron chi connectivity index (χ1n) is 19.1. The van der Waals surface area contributed by atoms with E-state index < -0.39 is 0 Å². The van der Waals surface area contributed by atoms with Crippen molar-refractivity contribution < 1.29 is 4.74 Å². The van der Waals surface area contributed by atoms with Crippen LogP contribution in [0.4, 0.5) is 17.1 Å². The third kappa shape index (κ3) is 6.24. The maximum atomic E-state index is 7.01. The molecular formula is C54H37NO. The van der Waals surface area contributed by atoms with Crippen LogP contribution < -0.4 is 9.64 Å². The van der Waals surface area contributed by atoms with Gasteiger partial charge < -0.3 is 9.64 Å². The van der Waals surface area contributed by atoms with Crippen molar-refractivity contribution in [2.45, 2.75) is 0 Å². The summed E-state index contributed by atoms with van der Waals surface area (Å²) in [5.74, 6) is 1.70. The Kier molecular flexibility index (Phi) is 8.55. The normalized spacial score (nSPS) is 11.4. The summed E-state index contributed by atoms with van der Waals surface area (Å²) in [4.78, 5) is 2.32. The summed E-state index contributed by atoms with van der Waals surface area (Å²) in [7, 11) is 0. The summed E-state index contributed by atoms with van der Waals surface area (Å²) in [6, 6.07) is 79.8. The molecule has 56 heavy (non-hydrogen) atoms. The number of para-hydroxylation sites is 2. The van der Waals surface area contributed by atoms with Gasteiger partial charge in [-0.05, 0) is 92.5 Å². The minimum Gasteiger partial charge on any atom is -0.455 e. The molecule has 1 aliphatic heterocycles. The monoisotopic (exact) mass is 715 g/mol. The van der Waals surface area contributed by atoms with E-state index in [4.69, 9.17) is 4.74 Å². The molecule has 0 atom stereocenters. The predicted octanol–water partition coefficient (Wildman–Crippen LogP) is 15.3. The number of ether oxygens (including phenoxy) is 1. The molecule has 2 nitrogen and oxygen atoms in total. The molecule has 264 valence electrons. The summed E-state index contributed by atoms with van der Waals surface area (Å²) in [6.45, 7) is 0. The van der Waals surface area contributed by atoms with Crippen molar-refractivity contribution in [1.82, 2.24) is 0 Å². The second kappa shape index (κ2) is 14.4. The topological polar surface area (TPSA) is 12.5 Å². The second-order valence-electron chi connectivity index (χ2n) is 14.1. The fourth-order valence-electron chi connectivity index (χ4n) is 7.89. The highest BCUT2D eigenvalue weighted by atomic mass is 16.5. The van der Waals surface area contributed by atoms with E-state index in [-0.39, 0.29) is 0 Å². The summed E-state index contributed by atoms with van der Waals surface area (Å²) in [6.07, 6.45) is 0. The van der Waals surface area contributed by atoms with E-state index in [0.29, 0.717) is 0 Å². The molecular weight excluding hydrogens is 679 g/mol. The van der Waals surface area contributed by atoms with Gasteiger partial charge in [-0.1, -0.05) is 182 Å². The molecule has 0 aromatic heterocycles. The lowest BCUT2D eigenvalue weighted by Gasteiger charge is -2.26. The van der Waals surface area contributed by atoms with Crippen LogP contribution in [0.2, 0.25) is 0 Å². The van der Waals surface area contributed by atoms with E-state index in [1.54, 1.807) is 0 Å². The Bertz CT molecular complexity index is 2780. The van der Waals surface area contributed by atoms with Gasteiger partial charge in [0.1, 0.15) is 11.5 Å². The predicted molar refractivity (Wildman–Crippen MR) is 234 cm³/mol.